The summed E-state index contributed by atoms with van der Waals surface area (Å²) in [5.74, 6) is -0.160. The predicted octanol–water partition coefficient (Wildman–Crippen LogP) is 3.01. The molecule has 0 saturated carbocycles. The number of aromatic nitrogens is 1. The molecule has 2 heterocycles. The first kappa shape index (κ1) is 18.9. The van der Waals surface area contributed by atoms with Crippen LogP contribution in [0.5, 0.6) is 0 Å². The second-order valence-electron chi connectivity index (χ2n) is 7.54. The summed E-state index contributed by atoms with van der Waals surface area (Å²) in [5, 5.41) is 12.5. The second-order valence-corrected chi connectivity index (χ2v) is 7.54. The van der Waals surface area contributed by atoms with Gasteiger partial charge in [0.15, 0.2) is 5.43 Å². The van der Waals surface area contributed by atoms with Crippen molar-refractivity contribution in [3.8, 4) is 6.07 Å². The zero-order chi connectivity index (χ0) is 20.5. The summed E-state index contributed by atoms with van der Waals surface area (Å²) in [7, 11) is 0. The number of amides is 1. The Hall–Kier alpha value is -3.43. The number of carbonyl (C=O) groups is 1. The molecule has 1 aromatic heterocycles. The first-order valence-electron chi connectivity index (χ1n) is 9.62. The number of aromatic amines is 1. The van der Waals surface area contributed by atoms with Crippen molar-refractivity contribution in [2.24, 2.45) is 0 Å². The van der Waals surface area contributed by atoms with Gasteiger partial charge in [-0.05, 0) is 49.2 Å². The SMILES string of the molecule is Cc1ccc2c(=O)c3c([nH]c2c1C)CCN(CC(=O)Nc1cccc(C#N)c1)C3. The molecule has 0 radical (unpaired) electrons. The number of benzene rings is 2. The molecule has 146 valence electrons. The van der Waals surface area contributed by atoms with Crippen molar-refractivity contribution in [1.82, 2.24) is 9.88 Å². The van der Waals surface area contributed by atoms with E-state index < -0.39 is 0 Å². The third-order valence-electron chi connectivity index (χ3n) is 5.60. The summed E-state index contributed by atoms with van der Waals surface area (Å²) in [5.41, 5.74) is 6.02. The number of nitrogens with one attached hydrogen (secondary N) is 2. The van der Waals surface area contributed by atoms with Crippen LogP contribution in [0.25, 0.3) is 10.9 Å². The number of rotatable bonds is 3. The highest BCUT2D eigenvalue weighted by molar-refractivity contribution is 5.92. The average Bonchev–Trinajstić information content (AvgIpc) is 2.71. The van der Waals surface area contributed by atoms with Gasteiger partial charge in [0.05, 0.1) is 23.7 Å². The van der Waals surface area contributed by atoms with Crippen LogP contribution in [0.3, 0.4) is 0 Å². The van der Waals surface area contributed by atoms with Crippen LogP contribution in [-0.2, 0) is 17.8 Å². The molecule has 1 aliphatic heterocycles. The third kappa shape index (κ3) is 3.65. The number of nitriles is 1. The Morgan fingerprint density at radius 3 is 2.90 bits per heavy atom. The molecule has 0 saturated heterocycles. The van der Waals surface area contributed by atoms with Crippen molar-refractivity contribution in [3.05, 3.63) is 74.6 Å². The number of fused-ring (bicyclic) bond motifs is 2. The van der Waals surface area contributed by atoms with Gasteiger partial charge in [0.2, 0.25) is 5.91 Å². The van der Waals surface area contributed by atoms with Crippen LogP contribution in [0, 0.1) is 25.2 Å². The molecule has 6 heteroatoms. The Balaban J connectivity index is 1.53. The summed E-state index contributed by atoms with van der Waals surface area (Å²) in [4.78, 5) is 30.9. The highest BCUT2D eigenvalue weighted by Gasteiger charge is 2.23. The Morgan fingerprint density at radius 2 is 2.10 bits per heavy atom. The molecule has 2 aromatic carbocycles. The third-order valence-corrected chi connectivity index (χ3v) is 5.60. The van der Waals surface area contributed by atoms with Crippen molar-refractivity contribution >= 4 is 22.5 Å². The molecule has 3 aromatic rings. The standard InChI is InChI=1S/C23H22N4O2/c1-14-6-7-18-22(15(14)2)26-20-8-9-27(12-19(20)23(18)29)13-21(28)25-17-5-3-4-16(10-17)11-24/h3-7,10H,8-9,12-13H2,1-2H3,(H,25,28)(H,26,29). The number of hydrogen-bond acceptors (Lipinski definition) is 4. The minimum atomic E-state index is -0.160. The summed E-state index contributed by atoms with van der Waals surface area (Å²) in [6.45, 7) is 5.41. The molecule has 0 spiro atoms. The van der Waals surface area contributed by atoms with Gasteiger partial charge >= 0.3 is 0 Å². The topological polar surface area (TPSA) is 89.0 Å². The van der Waals surface area contributed by atoms with Crippen LogP contribution in [0.1, 0.15) is 27.9 Å². The molecule has 6 nitrogen and oxygen atoms in total. The smallest absolute Gasteiger partial charge is 0.238 e. The van der Waals surface area contributed by atoms with E-state index in [0.717, 1.165) is 27.9 Å². The number of nitrogens with zero attached hydrogens (tertiary/aromatic N) is 2. The molecule has 29 heavy (non-hydrogen) atoms. The van der Waals surface area contributed by atoms with Gasteiger partial charge in [0, 0.05) is 41.8 Å². The summed E-state index contributed by atoms with van der Waals surface area (Å²) in [6, 6.07) is 12.7. The largest absolute Gasteiger partial charge is 0.358 e. The first-order valence-corrected chi connectivity index (χ1v) is 9.62. The minimum Gasteiger partial charge on any atom is -0.358 e. The zero-order valence-corrected chi connectivity index (χ0v) is 16.5. The molecule has 0 aliphatic carbocycles. The molecule has 4 rings (SSSR count). The van der Waals surface area contributed by atoms with Crippen LogP contribution in [0.2, 0.25) is 0 Å². The van der Waals surface area contributed by atoms with Crippen molar-refractivity contribution in [2.75, 3.05) is 18.4 Å². The minimum absolute atomic E-state index is 0.0451. The number of aryl methyl sites for hydroxylation is 2. The Morgan fingerprint density at radius 1 is 1.28 bits per heavy atom. The Bertz CT molecular complexity index is 1220. The fourth-order valence-electron chi connectivity index (χ4n) is 3.85. The fraction of sp³-hybridized carbons (Fsp3) is 0.261. The van der Waals surface area contributed by atoms with Gasteiger partial charge in [0.1, 0.15) is 0 Å². The van der Waals surface area contributed by atoms with E-state index in [1.165, 1.54) is 0 Å². The number of carbonyl (C=O) groups excluding carboxylic acids is 1. The van der Waals surface area contributed by atoms with Crippen molar-refractivity contribution in [1.29, 1.82) is 5.26 Å². The maximum atomic E-state index is 13.1. The quantitative estimate of drug-likeness (QED) is 0.724. The molecule has 0 fully saturated rings. The predicted molar refractivity (Wildman–Crippen MR) is 113 cm³/mol. The lowest BCUT2D eigenvalue weighted by Gasteiger charge is -2.28. The van der Waals surface area contributed by atoms with E-state index in [1.54, 1.807) is 24.3 Å². The molecule has 0 atom stereocenters. The van der Waals surface area contributed by atoms with Crippen LogP contribution in [0.15, 0.2) is 41.2 Å². The summed E-state index contributed by atoms with van der Waals surface area (Å²) in [6.07, 6.45) is 0.699. The van der Waals surface area contributed by atoms with E-state index in [2.05, 4.69) is 16.4 Å². The van der Waals surface area contributed by atoms with E-state index in [4.69, 9.17) is 5.26 Å². The normalized spacial score (nSPS) is 13.7. The van der Waals surface area contributed by atoms with Crippen LogP contribution in [-0.4, -0.2) is 28.9 Å². The molecule has 1 aliphatic rings. The maximum absolute atomic E-state index is 13.1. The second kappa shape index (κ2) is 7.53. The fourth-order valence-corrected chi connectivity index (χ4v) is 3.85. The molecule has 0 unspecified atom stereocenters. The molecule has 1 amide bonds. The lowest BCUT2D eigenvalue weighted by Crippen LogP contribution is -2.39. The molecular weight excluding hydrogens is 364 g/mol. The van der Waals surface area contributed by atoms with E-state index in [1.807, 2.05) is 30.9 Å². The number of pyridine rings is 1. The lowest BCUT2D eigenvalue weighted by atomic mass is 9.99. The van der Waals surface area contributed by atoms with Crippen molar-refractivity contribution in [2.45, 2.75) is 26.8 Å². The van der Waals surface area contributed by atoms with Gasteiger partial charge in [-0.2, -0.15) is 5.26 Å². The number of hydrogen-bond donors (Lipinski definition) is 2. The first-order chi connectivity index (χ1) is 14.0. The zero-order valence-electron chi connectivity index (χ0n) is 16.5. The maximum Gasteiger partial charge on any atom is 0.238 e. The van der Waals surface area contributed by atoms with Crippen molar-refractivity contribution in [3.63, 3.8) is 0 Å². The Kier molecular flexibility index (Phi) is 4.91. The van der Waals surface area contributed by atoms with Crippen LogP contribution >= 0.6 is 0 Å². The Labute approximate surface area is 168 Å². The highest BCUT2D eigenvalue weighted by atomic mass is 16.2. The van der Waals surface area contributed by atoms with E-state index in [0.29, 0.717) is 36.1 Å². The highest BCUT2D eigenvalue weighted by Crippen LogP contribution is 2.22. The monoisotopic (exact) mass is 386 g/mol. The van der Waals surface area contributed by atoms with Gasteiger partial charge in [-0.1, -0.05) is 12.1 Å². The van der Waals surface area contributed by atoms with E-state index >= 15 is 0 Å². The van der Waals surface area contributed by atoms with Gasteiger partial charge < -0.3 is 10.3 Å². The lowest BCUT2D eigenvalue weighted by molar-refractivity contribution is -0.117. The van der Waals surface area contributed by atoms with Crippen molar-refractivity contribution < 1.29 is 4.79 Å². The van der Waals surface area contributed by atoms with Gasteiger partial charge in [0.25, 0.3) is 0 Å². The summed E-state index contributed by atoms with van der Waals surface area (Å²) < 4.78 is 0. The van der Waals surface area contributed by atoms with Crippen LogP contribution < -0.4 is 10.7 Å². The average molecular weight is 386 g/mol. The molecule has 0 bridgehead atoms. The van der Waals surface area contributed by atoms with E-state index in [9.17, 15) is 9.59 Å². The molecule has 2 N–H and O–H groups in total. The van der Waals surface area contributed by atoms with E-state index in [-0.39, 0.29) is 17.9 Å². The number of anilines is 1. The van der Waals surface area contributed by atoms with Gasteiger partial charge in [-0.15, -0.1) is 0 Å². The summed E-state index contributed by atoms with van der Waals surface area (Å²) >= 11 is 0. The van der Waals surface area contributed by atoms with Gasteiger partial charge in [-0.25, -0.2) is 0 Å². The number of H-pyrrole nitrogens is 1. The van der Waals surface area contributed by atoms with Crippen LogP contribution in [0.4, 0.5) is 5.69 Å². The molecular formula is C23H22N4O2. The van der Waals surface area contributed by atoms with Gasteiger partial charge in [-0.3, -0.25) is 14.5 Å².